The van der Waals surface area contributed by atoms with Crippen LogP contribution in [0.1, 0.15) is 36.9 Å². The largest absolute Gasteiger partial charge is 0.296 e. The third kappa shape index (κ3) is 2.38. The van der Waals surface area contributed by atoms with Gasteiger partial charge in [0.05, 0.1) is 17.7 Å². The van der Waals surface area contributed by atoms with Crippen LogP contribution >= 0.6 is 0 Å². The molecule has 3 rings (SSSR count). The zero-order chi connectivity index (χ0) is 15.5. The van der Waals surface area contributed by atoms with Crippen LogP contribution in [0.2, 0.25) is 0 Å². The van der Waals surface area contributed by atoms with Crippen molar-refractivity contribution in [1.82, 2.24) is 9.88 Å². The normalized spacial score (nSPS) is 12.6. The summed E-state index contributed by atoms with van der Waals surface area (Å²) in [6.07, 6.45) is 0.634. The first kappa shape index (κ1) is 13.7. The number of aldehydes is 1. The first-order valence-corrected chi connectivity index (χ1v) is 6.57. The lowest BCUT2D eigenvalue weighted by molar-refractivity contribution is 0.0674. The Kier molecular flexibility index (Phi) is 3.50. The van der Waals surface area contributed by atoms with Gasteiger partial charge in [0, 0.05) is 0 Å². The molecule has 0 saturated carbocycles. The zero-order valence-corrected chi connectivity index (χ0v) is 11.4. The van der Waals surface area contributed by atoms with Crippen molar-refractivity contribution in [3.05, 3.63) is 65.0 Å². The Balaban J connectivity index is 1.79. The van der Waals surface area contributed by atoms with Gasteiger partial charge in [-0.05, 0) is 30.2 Å². The lowest BCUT2D eigenvalue weighted by atomic mass is 10.1. The van der Waals surface area contributed by atoms with E-state index in [9.17, 15) is 14.4 Å². The summed E-state index contributed by atoms with van der Waals surface area (Å²) >= 11 is 0. The number of aromatic nitrogens is 1. The molecule has 0 bridgehead atoms. The molecular weight excluding hydrogens is 280 g/mol. The SMILES string of the molecule is O=Cc1cccc(C#CCN2C(=O)c3ccccc3C2=O)n1. The van der Waals surface area contributed by atoms with Gasteiger partial charge in [0.25, 0.3) is 11.8 Å². The Morgan fingerprint density at radius 3 is 2.32 bits per heavy atom. The topological polar surface area (TPSA) is 67.3 Å². The number of pyridine rings is 1. The number of amides is 2. The highest BCUT2D eigenvalue weighted by Crippen LogP contribution is 2.21. The molecule has 1 aliphatic rings. The predicted octanol–water partition coefficient (Wildman–Crippen LogP) is 1.54. The van der Waals surface area contributed by atoms with Crippen molar-refractivity contribution in [1.29, 1.82) is 0 Å². The molecule has 22 heavy (non-hydrogen) atoms. The molecule has 0 aliphatic carbocycles. The molecule has 0 saturated heterocycles. The molecular formula is C17H10N2O3. The lowest BCUT2D eigenvalue weighted by Crippen LogP contribution is -2.30. The van der Waals surface area contributed by atoms with E-state index in [1.54, 1.807) is 42.5 Å². The molecule has 2 heterocycles. The highest BCUT2D eigenvalue weighted by molar-refractivity contribution is 6.21. The standard InChI is InChI=1S/C17H10N2O3/c20-11-13-6-3-5-12(18-13)7-4-10-19-16(21)14-8-1-2-9-15(14)17(19)22/h1-3,5-6,8-9,11H,10H2. The third-order valence-electron chi connectivity index (χ3n) is 3.22. The molecule has 0 fully saturated rings. The van der Waals surface area contributed by atoms with Gasteiger partial charge in [-0.1, -0.05) is 24.1 Å². The summed E-state index contributed by atoms with van der Waals surface area (Å²) in [6.45, 7) is -0.0145. The van der Waals surface area contributed by atoms with Crippen LogP contribution in [-0.2, 0) is 0 Å². The van der Waals surface area contributed by atoms with Crippen LogP contribution in [0, 0.1) is 11.8 Å². The van der Waals surface area contributed by atoms with Crippen molar-refractivity contribution in [3.63, 3.8) is 0 Å². The average Bonchev–Trinajstić information content (AvgIpc) is 2.80. The Morgan fingerprint density at radius 1 is 1.00 bits per heavy atom. The smallest absolute Gasteiger partial charge is 0.262 e. The van der Waals surface area contributed by atoms with E-state index < -0.39 is 0 Å². The number of rotatable bonds is 2. The fraction of sp³-hybridized carbons (Fsp3) is 0.0588. The van der Waals surface area contributed by atoms with Gasteiger partial charge >= 0.3 is 0 Å². The molecule has 0 N–H and O–H groups in total. The fourth-order valence-corrected chi connectivity index (χ4v) is 2.18. The van der Waals surface area contributed by atoms with E-state index in [0.29, 0.717) is 23.1 Å². The molecule has 2 aromatic rings. The number of fused-ring (bicyclic) bond motifs is 1. The minimum Gasteiger partial charge on any atom is -0.296 e. The molecule has 1 aliphatic heterocycles. The van der Waals surface area contributed by atoms with E-state index in [-0.39, 0.29) is 24.1 Å². The Hall–Kier alpha value is -3.26. The van der Waals surface area contributed by atoms with Gasteiger partial charge in [0.15, 0.2) is 6.29 Å². The monoisotopic (exact) mass is 290 g/mol. The molecule has 5 heteroatoms. The van der Waals surface area contributed by atoms with Crippen molar-refractivity contribution < 1.29 is 14.4 Å². The summed E-state index contributed by atoms with van der Waals surface area (Å²) in [6, 6.07) is 11.6. The highest BCUT2D eigenvalue weighted by Gasteiger charge is 2.34. The second kappa shape index (κ2) is 5.62. The van der Waals surface area contributed by atoms with Crippen LogP contribution in [0.4, 0.5) is 0 Å². The number of benzene rings is 1. The minimum absolute atomic E-state index is 0.0145. The summed E-state index contributed by atoms with van der Waals surface area (Å²) in [4.78, 5) is 40.0. The van der Waals surface area contributed by atoms with Gasteiger partial charge < -0.3 is 0 Å². The number of nitrogens with zero attached hydrogens (tertiary/aromatic N) is 2. The number of imide groups is 1. The third-order valence-corrected chi connectivity index (χ3v) is 3.22. The molecule has 1 aromatic heterocycles. The summed E-state index contributed by atoms with van der Waals surface area (Å²) in [5.41, 5.74) is 1.50. The van der Waals surface area contributed by atoms with Crippen LogP contribution in [0.15, 0.2) is 42.5 Å². The first-order chi connectivity index (χ1) is 10.7. The maximum absolute atomic E-state index is 12.1. The number of hydrogen-bond donors (Lipinski definition) is 0. The Bertz CT molecular complexity index is 811. The number of carbonyl (C=O) groups is 3. The van der Waals surface area contributed by atoms with E-state index in [1.165, 1.54) is 0 Å². The van der Waals surface area contributed by atoms with Gasteiger partial charge in [-0.15, -0.1) is 0 Å². The predicted molar refractivity (Wildman–Crippen MR) is 78.3 cm³/mol. The van der Waals surface area contributed by atoms with Gasteiger partial charge in [-0.3, -0.25) is 19.3 Å². The van der Waals surface area contributed by atoms with Crippen molar-refractivity contribution in [3.8, 4) is 11.8 Å². The van der Waals surface area contributed by atoms with Gasteiger partial charge in [0.2, 0.25) is 0 Å². The summed E-state index contributed by atoms with van der Waals surface area (Å²) in [5.74, 6) is 4.81. The van der Waals surface area contributed by atoms with E-state index >= 15 is 0 Å². The van der Waals surface area contributed by atoms with Crippen molar-refractivity contribution in [2.75, 3.05) is 6.54 Å². The van der Waals surface area contributed by atoms with Gasteiger partial charge in [-0.25, -0.2) is 4.98 Å². The molecule has 0 unspecified atom stereocenters. The van der Waals surface area contributed by atoms with Crippen LogP contribution in [0.3, 0.4) is 0 Å². The van der Waals surface area contributed by atoms with E-state index in [4.69, 9.17) is 0 Å². The quantitative estimate of drug-likeness (QED) is 0.478. The molecule has 5 nitrogen and oxygen atoms in total. The average molecular weight is 290 g/mol. The maximum atomic E-state index is 12.1. The fourth-order valence-electron chi connectivity index (χ4n) is 2.18. The summed E-state index contributed by atoms with van der Waals surface area (Å²) in [5, 5.41) is 0. The first-order valence-electron chi connectivity index (χ1n) is 6.57. The van der Waals surface area contributed by atoms with Crippen LogP contribution in [0.25, 0.3) is 0 Å². The zero-order valence-electron chi connectivity index (χ0n) is 11.4. The van der Waals surface area contributed by atoms with Crippen molar-refractivity contribution in [2.45, 2.75) is 0 Å². The molecule has 2 amide bonds. The lowest BCUT2D eigenvalue weighted by Gasteiger charge is -2.08. The van der Waals surface area contributed by atoms with Crippen LogP contribution in [-0.4, -0.2) is 34.5 Å². The Labute approximate surface area is 126 Å². The molecule has 1 aromatic carbocycles. The highest BCUT2D eigenvalue weighted by atomic mass is 16.2. The van der Waals surface area contributed by atoms with Gasteiger partial charge in [-0.2, -0.15) is 0 Å². The van der Waals surface area contributed by atoms with E-state index in [2.05, 4.69) is 16.8 Å². The number of carbonyl (C=O) groups excluding carboxylic acids is 3. The Morgan fingerprint density at radius 2 is 1.68 bits per heavy atom. The summed E-state index contributed by atoms with van der Waals surface area (Å²) in [7, 11) is 0. The van der Waals surface area contributed by atoms with Crippen molar-refractivity contribution in [2.24, 2.45) is 0 Å². The molecule has 0 radical (unpaired) electrons. The molecule has 0 spiro atoms. The second-order valence-corrected chi connectivity index (χ2v) is 4.61. The van der Waals surface area contributed by atoms with Crippen molar-refractivity contribution >= 4 is 18.1 Å². The maximum Gasteiger partial charge on any atom is 0.262 e. The van der Waals surface area contributed by atoms with Crippen LogP contribution < -0.4 is 0 Å². The molecule has 106 valence electrons. The van der Waals surface area contributed by atoms with E-state index in [1.807, 2.05) is 0 Å². The van der Waals surface area contributed by atoms with E-state index in [0.717, 1.165) is 4.90 Å². The van der Waals surface area contributed by atoms with Gasteiger partial charge in [0.1, 0.15) is 11.4 Å². The molecule has 0 atom stereocenters. The number of hydrogen-bond acceptors (Lipinski definition) is 4. The summed E-state index contributed by atoms with van der Waals surface area (Å²) < 4.78 is 0. The minimum atomic E-state index is -0.343. The van der Waals surface area contributed by atoms with Crippen LogP contribution in [0.5, 0.6) is 0 Å². The second-order valence-electron chi connectivity index (χ2n) is 4.61.